The van der Waals surface area contributed by atoms with Gasteiger partial charge in [0.2, 0.25) is 0 Å². The molecular formula is C26H25N3O3S. The number of para-hydroxylation sites is 2. The second-order valence-electron chi connectivity index (χ2n) is 8.06. The highest BCUT2D eigenvalue weighted by Gasteiger charge is 2.36. The van der Waals surface area contributed by atoms with Gasteiger partial charge in [-0.1, -0.05) is 18.2 Å². The van der Waals surface area contributed by atoms with Gasteiger partial charge in [0, 0.05) is 17.1 Å². The van der Waals surface area contributed by atoms with Crippen LogP contribution in [0.1, 0.15) is 28.1 Å². The molecule has 4 rings (SSSR count). The SMILES string of the molecule is COc1ccccc1N1C(=O)/C(=C/c2cc(C)n(-c3ccc(C)c(C)c3)c2C)C(=O)NC1=S. The molecule has 6 nitrogen and oxygen atoms in total. The fraction of sp³-hybridized carbons (Fsp3) is 0.192. The van der Waals surface area contributed by atoms with Crippen molar-refractivity contribution in [2.75, 3.05) is 12.0 Å². The van der Waals surface area contributed by atoms with Crippen LogP contribution in [0.25, 0.3) is 11.8 Å². The molecule has 2 aromatic carbocycles. The molecule has 1 fully saturated rings. The molecular weight excluding hydrogens is 434 g/mol. The predicted octanol–water partition coefficient (Wildman–Crippen LogP) is 4.55. The zero-order chi connectivity index (χ0) is 23.9. The molecule has 3 aromatic rings. The van der Waals surface area contributed by atoms with Gasteiger partial charge in [-0.05, 0) is 93.0 Å². The van der Waals surface area contributed by atoms with E-state index >= 15 is 0 Å². The van der Waals surface area contributed by atoms with E-state index in [9.17, 15) is 9.59 Å². The van der Waals surface area contributed by atoms with Crippen molar-refractivity contribution in [3.8, 4) is 11.4 Å². The van der Waals surface area contributed by atoms with Crippen LogP contribution in [0.3, 0.4) is 0 Å². The molecule has 0 saturated carbocycles. The van der Waals surface area contributed by atoms with E-state index < -0.39 is 11.8 Å². The van der Waals surface area contributed by atoms with Gasteiger partial charge in [-0.3, -0.25) is 14.9 Å². The monoisotopic (exact) mass is 459 g/mol. The summed E-state index contributed by atoms with van der Waals surface area (Å²) in [5.41, 5.74) is 6.66. The number of nitrogens with zero attached hydrogens (tertiary/aromatic N) is 2. The molecule has 2 amide bonds. The minimum absolute atomic E-state index is 0.00911. The molecule has 1 N–H and O–H groups in total. The zero-order valence-electron chi connectivity index (χ0n) is 19.2. The van der Waals surface area contributed by atoms with E-state index in [0.717, 1.165) is 22.6 Å². The summed E-state index contributed by atoms with van der Waals surface area (Å²) in [5.74, 6) is -0.534. The molecule has 0 atom stereocenters. The summed E-state index contributed by atoms with van der Waals surface area (Å²) in [6.07, 6.45) is 1.63. The molecule has 33 heavy (non-hydrogen) atoms. The minimum atomic E-state index is -0.521. The molecule has 1 aliphatic rings. The number of ether oxygens (including phenoxy) is 1. The Morgan fingerprint density at radius 2 is 1.70 bits per heavy atom. The number of hydrogen-bond acceptors (Lipinski definition) is 4. The number of aryl methyl sites for hydroxylation is 3. The number of thiocarbonyl (C=S) groups is 1. The van der Waals surface area contributed by atoms with Gasteiger partial charge in [-0.25, -0.2) is 4.90 Å². The molecule has 0 spiro atoms. The van der Waals surface area contributed by atoms with E-state index in [-0.39, 0.29) is 10.7 Å². The van der Waals surface area contributed by atoms with Crippen LogP contribution < -0.4 is 15.0 Å². The lowest BCUT2D eigenvalue weighted by molar-refractivity contribution is -0.122. The molecule has 0 radical (unpaired) electrons. The number of carbonyl (C=O) groups excluding carboxylic acids is 2. The Labute approximate surface area is 198 Å². The highest BCUT2D eigenvalue weighted by Crippen LogP contribution is 2.31. The quantitative estimate of drug-likeness (QED) is 0.353. The molecule has 7 heteroatoms. The third kappa shape index (κ3) is 3.96. The van der Waals surface area contributed by atoms with Gasteiger partial charge in [0.25, 0.3) is 11.8 Å². The number of anilines is 1. The van der Waals surface area contributed by atoms with E-state index in [1.165, 1.54) is 23.1 Å². The zero-order valence-corrected chi connectivity index (χ0v) is 20.0. The number of methoxy groups -OCH3 is 1. The molecule has 0 aliphatic carbocycles. The maximum atomic E-state index is 13.4. The molecule has 1 aliphatic heterocycles. The van der Waals surface area contributed by atoms with Gasteiger partial charge in [-0.15, -0.1) is 0 Å². The molecule has 2 heterocycles. The summed E-state index contributed by atoms with van der Waals surface area (Å²) >= 11 is 5.31. The van der Waals surface area contributed by atoms with Gasteiger partial charge in [0.05, 0.1) is 12.8 Å². The van der Waals surface area contributed by atoms with Gasteiger partial charge in [0.1, 0.15) is 11.3 Å². The summed E-state index contributed by atoms with van der Waals surface area (Å²) in [4.78, 5) is 27.5. The van der Waals surface area contributed by atoms with E-state index in [1.54, 1.807) is 30.3 Å². The Morgan fingerprint density at radius 1 is 0.970 bits per heavy atom. The first-order chi connectivity index (χ1) is 15.7. The minimum Gasteiger partial charge on any atom is -0.495 e. The van der Waals surface area contributed by atoms with Gasteiger partial charge in [-0.2, -0.15) is 0 Å². The Balaban J connectivity index is 1.78. The van der Waals surface area contributed by atoms with Crippen molar-refractivity contribution < 1.29 is 14.3 Å². The molecule has 0 bridgehead atoms. The van der Waals surface area contributed by atoms with Gasteiger partial charge < -0.3 is 9.30 Å². The van der Waals surface area contributed by atoms with Crippen molar-refractivity contribution in [1.29, 1.82) is 0 Å². The smallest absolute Gasteiger partial charge is 0.270 e. The normalized spacial score (nSPS) is 15.2. The number of rotatable bonds is 4. The third-order valence-corrected chi connectivity index (χ3v) is 6.23. The molecule has 1 saturated heterocycles. The van der Waals surface area contributed by atoms with Crippen LogP contribution in [0, 0.1) is 27.7 Å². The maximum Gasteiger partial charge on any atom is 0.270 e. The Morgan fingerprint density at radius 3 is 2.39 bits per heavy atom. The van der Waals surface area contributed by atoms with Crippen molar-refractivity contribution >= 4 is 40.9 Å². The van der Waals surface area contributed by atoms with Crippen LogP contribution in [-0.2, 0) is 9.59 Å². The first-order valence-electron chi connectivity index (χ1n) is 10.5. The fourth-order valence-electron chi connectivity index (χ4n) is 4.04. The van der Waals surface area contributed by atoms with Crippen LogP contribution in [0.2, 0.25) is 0 Å². The average molecular weight is 460 g/mol. The topological polar surface area (TPSA) is 63.6 Å². The Hall–Kier alpha value is -3.71. The lowest BCUT2D eigenvalue weighted by atomic mass is 10.1. The summed E-state index contributed by atoms with van der Waals surface area (Å²) in [5, 5.41) is 2.65. The molecule has 1 aromatic heterocycles. The summed E-state index contributed by atoms with van der Waals surface area (Å²) < 4.78 is 7.51. The van der Waals surface area contributed by atoms with E-state index in [0.29, 0.717) is 11.4 Å². The summed E-state index contributed by atoms with van der Waals surface area (Å²) in [6, 6.07) is 15.3. The highest BCUT2D eigenvalue weighted by atomic mass is 32.1. The van der Waals surface area contributed by atoms with Crippen LogP contribution in [-0.4, -0.2) is 28.6 Å². The predicted molar refractivity (Wildman–Crippen MR) is 134 cm³/mol. The third-order valence-electron chi connectivity index (χ3n) is 5.95. The van der Waals surface area contributed by atoms with E-state index in [2.05, 4.69) is 41.9 Å². The number of aromatic nitrogens is 1. The van der Waals surface area contributed by atoms with E-state index in [4.69, 9.17) is 17.0 Å². The number of hydrogen-bond donors (Lipinski definition) is 1. The fourth-order valence-corrected chi connectivity index (χ4v) is 4.32. The van der Waals surface area contributed by atoms with Crippen molar-refractivity contribution in [2.24, 2.45) is 0 Å². The van der Waals surface area contributed by atoms with Gasteiger partial charge >= 0.3 is 0 Å². The molecule has 0 unspecified atom stereocenters. The second kappa shape index (κ2) is 8.67. The average Bonchev–Trinajstić information content (AvgIpc) is 3.06. The maximum absolute atomic E-state index is 13.4. The Kier molecular flexibility index (Phi) is 5.91. The first-order valence-corrected chi connectivity index (χ1v) is 10.9. The second-order valence-corrected chi connectivity index (χ2v) is 8.45. The van der Waals surface area contributed by atoms with Crippen molar-refractivity contribution in [3.05, 3.63) is 82.2 Å². The van der Waals surface area contributed by atoms with Crippen molar-refractivity contribution in [3.63, 3.8) is 0 Å². The number of carbonyl (C=O) groups is 2. The van der Waals surface area contributed by atoms with Gasteiger partial charge in [0.15, 0.2) is 5.11 Å². The van der Waals surface area contributed by atoms with Crippen LogP contribution in [0.5, 0.6) is 5.75 Å². The number of benzene rings is 2. The van der Waals surface area contributed by atoms with Crippen molar-refractivity contribution in [2.45, 2.75) is 27.7 Å². The Bertz CT molecular complexity index is 1340. The number of amides is 2. The standard InChI is InChI=1S/C26H25N3O3S/c1-15-10-11-20(12-16(15)2)28-17(3)13-19(18(28)4)14-21-24(30)27-26(33)29(25(21)31)22-8-6-7-9-23(22)32-5/h6-14H,1-5H3,(H,27,30,33)/b21-14+. The largest absolute Gasteiger partial charge is 0.495 e. The van der Waals surface area contributed by atoms with Crippen molar-refractivity contribution in [1.82, 2.24) is 9.88 Å². The number of nitrogens with one attached hydrogen (secondary N) is 1. The summed E-state index contributed by atoms with van der Waals surface area (Å²) in [7, 11) is 1.52. The molecule has 168 valence electrons. The lowest BCUT2D eigenvalue weighted by Crippen LogP contribution is -2.54. The summed E-state index contributed by atoms with van der Waals surface area (Å²) in [6.45, 7) is 8.14. The highest BCUT2D eigenvalue weighted by molar-refractivity contribution is 7.80. The van der Waals surface area contributed by atoms with Crippen LogP contribution >= 0.6 is 12.2 Å². The van der Waals surface area contributed by atoms with Crippen LogP contribution in [0.15, 0.2) is 54.1 Å². The first kappa shape index (κ1) is 22.5. The van der Waals surface area contributed by atoms with E-state index in [1.807, 2.05) is 19.9 Å². The van der Waals surface area contributed by atoms with Crippen LogP contribution in [0.4, 0.5) is 5.69 Å². The lowest BCUT2D eigenvalue weighted by Gasteiger charge is -2.29.